The molecule has 0 N–H and O–H groups in total. The lowest BCUT2D eigenvalue weighted by atomic mass is 9.75. The Labute approximate surface area is 231 Å². The van der Waals surface area contributed by atoms with E-state index in [4.69, 9.17) is 25.8 Å². The number of ether oxygens (including phenoxy) is 3. The van der Waals surface area contributed by atoms with E-state index in [0.29, 0.717) is 27.4 Å². The Bertz CT molecular complexity index is 1330. The van der Waals surface area contributed by atoms with Crippen LogP contribution in [0.15, 0.2) is 64.8 Å². The predicted octanol–water partition coefficient (Wildman–Crippen LogP) is 4.21. The van der Waals surface area contributed by atoms with Crippen molar-refractivity contribution in [2.75, 3.05) is 33.0 Å². The molecule has 2 atom stereocenters. The predicted molar refractivity (Wildman–Crippen MR) is 144 cm³/mol. The summed E-state index contributed by atoms with van der Waals surface area (Å²) in [6.45, 7) is 5.25. The van der Waals surface area contributed by atoms with Gasteiger partial charge >= 0.3 is 11.9 Å². The molecule has 4 rings (SSSR count). The molecule has 0 aliphatic carbocycles. The standard InChI is InChI=1S/C29H29ClN2O7/c1-4-38-28(35)23-17(3)31-22(25(29(36)39-5-2)24(23)20-12-8-9-13-21(20)30)16-37-15-14-32-26(33)18-10-6-7-11-19(18)27(32)34/h6-13,23-24H,4-5,14-16H2,1-3H3. The zero-order valence-corrected chi connectivity index (χ0v) is 22.7. The highest BCUT2D eigenvalue weighted by atomic mass is 35.5. The van der Waals surface area contributed by atoms with E-state index in [1.165, 1.54) is 0 Å². The molecule has 0 saturated carbocycles. The van der Waals surface area contributed by atoms with Crippen molar-refractivity contribution >= 4 is 41.1 Å². The van der Waals surface area contributed by atoms with Gasteiger partial charge in [0.25, 0.3) is 11.8 Å². The average molecular weight is 553 g/mol. The van der Waals surface area contributed by atoms with Gasteiger partial charge in [-0.1, -0.05) is 41.9 Å². The third-order valence-electron chi connectivity index (χ3n) is 6.57. The van der Waals surface area contributed by atoms with Gasteiger partial charge in [-0.25, -0.2) is 4.79 Å². The lowest BCUT2D eigenvalue weighted by Crippen LogP contribution is -2.37. The molecule has 2 aromatic rings. The van der Waals surface area contributed by atoms with E-state index in [9.17, 15) is 19.2 Å². The SMILES string of the molecule is CCOC(=O)C1=C(COCCN2C(=O)c3ccccc3C2=O)N=C(C)C(C(=O)OCC)C1c1ccccc1Cl. The lowest BCUT2D eigenvalue weighted by Gasteiger charge is -2.32. The van der Waals surface area contributed by atoms with Gasteiger partial charge in [-0.3, -0.25) is 24.3 Å². The van der Waals surface area contributed by atoms with Crippen LogP contribution in [-0.2, 0) is 23.8 Å². The summed E-state index contributed by atoms with van der Waals surface area (Å²) >= 11 is 6.54. The number of carbonyl (C=O) groups is 4. The van der Waals surface area contributed by atoms with Crippen molar-refractivity contribution in [3.63, 3.8) is 0 Å². The number of amides is 2. The second kappa shape index (κ2) is 12.4. The number of imide groups is 1. The van der Waals surface area contributed by atoms with Crippen LogP contribution in [0.5, 0.6) is 0 Å². The highest BCUT2D eigenvalue weighted by Crippen LogP contribution is 2.42. The summed E-state index contributed by atoms with van der Waals surface area (Å²) in [6.07, 6.45) is 0. The smallest absolute Gasteiger partial charge is 0.336 e. The van der Waals surface area contributed by atoms with Crippen LogP contribution in [-0.4, -0.2) is 67.3 Å². The number of halogens is 1. The number of nitrogens with zero attached hydrogens (tertiary/aromatic N) is 2. The molecule has 2 aliphatic rings. The first-order valence-electron chi connectivity index (χ1n) is 12.7. The zero-order valence-electron chi connectivity index (χ0n) is 21.9. The molecule has 2 heterocycles. The Hall–Kier alpha value is -3.82. The molecule has 0 radical (unpaired) electrons. The van der Waals surface area contributed by atoms with E-state index in [-0.39, 0.29) is 56.1 Å². The Balaban J connectivity index is 1.62. The molecule has 0 bridgehead atoms. The van der Waals surface area contributed by atoms with Crippen LogP contribution in [0, 0.1) is 5.92 Å². The van der Waals surface area contributed by atoms with E-state index in [1.54, 1.807) is 69.3 Å². The van der Waals surface area contributed by atoms with Gasteiger partial charge in [0.2, 0.25) is 0 Å². The number of rotatable bonds is 10. The van der Waals surface area contributed by atoms with Gasteiger partial charge in [-0.15, -0.1) is 0 Å². The number of carbonyl (C=O) groups excluding carboxylic acids is 4. The van der Waals surface area contributed by atoms with Crippen molar-refractivity contribution in [2.24, 2.45) is 10.9 Å². The largest absolute Gasteiger partial charge is 0.465 e. The van der Waals surface area contributed by atoms with Crippen LogP contribution in [0.1, 0.15) is 53.0 Å². The second-order valence-corrected chi connectivity index (χ2v) is 9.33. The van der Waals surface area contributed by atoms with Crippen LogP contribution in [0.2, 0.25) is 5.02 Å². The summed E-state index contributed by atoms with van der Waals surface area (Å²) in [5.74, 6) is -3.65. The fourth-order valence-electron chi connectivity index (χ4n) is 4.86. The van der Waals surface area contributed by atoms with Gasteiger partial charge in [-0.05, 0) is 44.5 Å². The van der Waals surface area contributed by atoms with Crippen LogP contribution >= 0.6 is 11.6 Å². The van der Waals surface area contributed by atoms with Gasteiger partial charge < -0.3 is 14.2 Å². The van der Waals surface area contributed by atoms with Crippen LogP contribution in [0.25, 0.3) is 0 Å². The van der Waals surface area contributed by atoms with Crippen molar-refractivity contribution < 1.29 is 33.4 Å². The van der Waals surface area contributed by atoms with E-state index >= 15 is 0 Å². The normalized spacial score (nSPS) is 18.7. The van der Waals surface area contributed by atoms with E-state index in [2.05, 4.69) is 4.99 Å². The van der Waals surface area contributed by atoms with Crippen LogP contribution in [0.3, 0.4) is 0 Å². The number of fused-ring (bicyclic) bond motifs is 1. The maximum absolute atomic E-state index is 13.3. The van der Waals surface area contributed by atoms with E-state index in [0.717, 1.165) is 4.90 Å². The topological polar surface area (TPSA) is 112 Å². The molecular weight excluding hydrogens is 524 g/mol. The number of benzene rings is 2. The molecule has 0 saturated heterocycles. The van der Waals surface area contributed by atoms with Gasteiger partial charge in [0.15, 0.2) is 0 Å². The zero-order chi connectivity index (χ0) is 28.1. The molecule has 204 valence electrons. The molecule has 2 amide bonds. The van der Waals surface area contributed by atoms with Crippen LogP contribution < -0.4 is 0 Å². The Morgan fingerprint density at radius 3 is 2.18 bits per heavy atom. The number of esters is 2. The van der Waals surface area contributed by atoms with E-state index in [1.807, 2.05) is 0 Å². The molecule has 2 unspecified atom stereocenters. The van der Waals surface area contributed by atoms with Crippen molar-refractivity contribution in [1.29, 1.82) is 0 Å². The van der Waals surface area contributed by atoms with Gasteiger partial charge in [0, 0.05) is 16.7 Å². The molecule has 10 heteroatoms. The minimum absolute atomic E-state index is 0.0116. The first-order valence-corrected chi connectivity index (χ1v) is 13.1. The van der Waals surface area contributed by atoms with Gasteiger partial charge in [-0.2, -0.15) is 0 Å². The summed E-state index contributed by atoms with van der Waals surface area (Å²) in [6, 6.07) is 13.6. The van der Waals surface area contributed by atoms with Gasteiger partial charge in [0.1, 0.15) is 5.92 Å². The molecule has 2 aromatic carbocycles. The van der Waals surface area contributed by atoms with Gasteiger partial charge in [0.05, 0.1) is 55.4 Å². The first-order chi connectivity index (χ1) is 18.8. The quantitative estimate of drug-likeness (QED) is 0.246. The number of hydrogen-bond acceptors (Lipinski definition) is 8. The average Bonchev–Trinajstić information content (AvgIpc) is 3.16. The van der Waals surface area contributed by atoms with Crippen LogP contribution in [0.4, 0.5) is 0 Å². The number of aliphatic imine (C=N–C) groups is 1. The summed E-state index contributed by atoms with van der Waals surface area (Å²) in [4.78, 5) is 57.4. The lowest BCUT2D eigenvalue weighted by molar-refractivity contribution is -0.146. The second-order valence-electron chi connectivity index (χ2n) is 8.92. The summed E-state index contributed by atoms with van der Waals surface area (Å²) in [5, 5.41) is 0.374. The summed E-state index contributed by atoms with van der Waals surface area (Å²) in [7, 11) is 0. The van der Waals surface area contributed by atoms with E-state index < -0.39 is 23.8 Å². The Morgan fingerprint density at radius 1 is 0.949 bits per heavy atom. The summed E-state index contributed by atoms with van der Waals surface area (Å²) in [5.41, 5.74) is 2.13. The molecule has 2 aliphatic heterocycles. The molecule has 9 nitrogen and oxygen atoms in total. The molecule has 0 spiro atoms. The highest BCUT2D eigenvalue weighted by Gasteiger charge is 2.44. The van der Waals surface area contributed by atoms with Crippen molar-refractivity contribution in [2.45, 2.75) is 26.7 Å². The fraction of sp³-hybridized carbons (Fsp3) is 0.345. The third kappa shape index (κ3) is 5.65. The minimum atomic E-state index is -0.897. The van der Waals surface area contributed by atoms with Crippen molar-refractivity contribution in [3.8, 4) is 0 Å². The maximum Gasteiger partial charge on any atom is 0.336 e. The van der Waals surface area contributed by atoms with Crippen molar-refractivity contribution in [3.05, 3.63) is 81.5 Å². The highest BCUT2D eigenvalue weighted by molar-refractivity contribution is 6.31. The molecular formula is C29H29ClN2O7. The minimum Gasteiger partial charge on any atom is -0.465 e. The fourth-order valence-corrected chi connectivity index (χ4v) is 5.11. The molecule has 0 fully saturated rings. The third-order valence-corrected chi connectivity index (χ3v) is 6.91. The Kier molecular flexibility index (Phi) is 8.93. The maximum atomic E-state index is 13.3. The monoisotopic (exact) mass is 552 g/mol. The molecule has 39 heavy (non-hydrogen) atoms. The summed E-state index contributed by atoms with van der Waals surface area (Å²) < 4.78 is 16.5. The Morgan fingerprint density at radius 2 is 1.56 bits per heavy atom. The number of hydrogen-bond donors (Lipinski definition) is 0. The molecule has 0 aromatic heterocycles. The first kappa shape index (κ1) is 28.2. The van der Waals surface area contributed by atoms with Crippen molar-refractivity contribution in [1.82, 2.24) is 4.90 Å².